The van der Waals surface area contributed by atoms with Crippen LogP contribution in [0.2, 0.25) is 0 Å². The zero-order valence-corrected chi connectivity index (χ0v) is 15.0. The summed E-state index contributed by atoms with van der Waals surface area (Å²) in [6.45, 7) is 4.86. The first-order chi connectivity index (χ1) is 11.4. The fourth-order valence-corrected chi connectivity index (χ4v) is 2.57. The van der Waals surface area contributed by atoms with Gasteiger partial charge in [0.15, 0.2) is 0 Å². The van der Waals surface area contributed by atoms with Crippen molar-refractivity contribution < 1.29 is 14.4 Å². The number of benzene rings is 1. The van der Waals surface area contributed by atoms with Crippen LogP contribution in [0.5, 0.6) is 0 Å². The normalized spacial score (nSPS) is 13.9. The summed E-state index contributed by atoms with van der Waals surface area (Å²) in [5.74, 6) is -0.124. The number of amides is 2. The van der Waals surface area contributed by atoms with E-state index in [4.69, 9.17) is 4.84 Å². The summed E-state index contributed by atoms with van der Waals surface area (Å²) >= 11 is 0. The molecule has 1 aromatic carbocycles. The van der Waals surface area contributed by atoms with E-state index >= 15 is 0 Å². The molecule has 0 unspecified atom stereocenters. The van der Waals surface area contributed by atoms with Crippen LogP contribution >= 0.6 is 0 Å². The molecular formula is C18H27N3O3. The molecule has 1 aliphatic carbocycles. The van der Waals surface area contributed by atoms with Crippen LogP contribution in [0.3, 0.4) is 0 Å². The van der Waals surface area contributed by atoms with Crippen molar-refractivity contribution in [2.24, 2.45) is 0 Å². The highest BCUT2D eigenvalue weighted by Gasteiger charge is 2.30. The quantitative estimate of drug-likeness (QED) is 0.740. The van der Waals surface area contributed by atoms with Crippen LogP contribution in [0.1, 0.15) is 30.4 Å². The Balaban J connectivity index is 1.89. The van der Waals surface area contributed by atoms with Crippen LogP contribution in [-0.2, 0) is 14.4 Å². The minimum Gasteiger partial charge on any atom is -0.325 e. The van der Waals surface area contributed by atoms with Gasteiger partial charge in [-0.05, 0) is 43.9 Å². The number of nitrogens with one attached hydrogen (secondary N) is 1. The lowest BCUT2D eigenvalue weighted by molar-refractivity contribution is -0.169. The Morgan fingerprint density at radius 1 is 1.29 bits per heavy atom. The number of nitrogens with zero attached hydrogens (tertiary/aromatic N) is 2. The van der Waals surface area contributed by atoms with Crippen LogP contribution in [0, 0.1) is 13.8 Å². The molecule has 1 N–H and O–H groups in total. The summed E-state index contributed by atoms with van der Waals surface area (Å²) in [6.07, 6.45) is 2.52. The Hall–Kier alpha value is -1.92. The monoisotopic (exact) mass is 333 g/mol. The van der Waals surface area contributed by atoms with Crippen molar-refractivity contribution in [3.8, 4) is 0 Å². The number of carbonyl (C=O) groups is 2. The van der Waals surface area contributed by atoms with E-state index in [-0.39, 0.29) is 11.8 Å². The molecular weight excluding hydrogens is 306 g/mol. The van der Waals surface area contributed by atoms with Gasteiger partial charge in [-0.1, -0.05) is 12.1 Å². The smallest absolute Gasteiger partial charge is 0.247 e. The van der Waals surface area contributed by atoms with Gasteiger partial charge in [-0.25, -0.2) is 5.06 Å². The fraction of sp³-hybridized carbons (Fsp3) is 0.556. The largest absolute Gasteiger partial charge is 0.325 e. The van der Waals surface area contributed by atoms with Gasteiger partial charge in [0.25, 0.3) is 0 Å². The molecule has 2 rings (SSSR count). The second-order valence-electron chi connectivity index (χ2n) is 6.39. The Morgan fingerprint density at radius 2 is 2.00 bits per heavy atom. The van der Waals surface area contributed by atoms with Gasteiger partial charge in [0.05, 0.1) is 13.7 Å². The summed E-state index contributed by atoms with van der Waals surface area (Å²) in [5, 5.41) is 4.21. The lowest BCUT2D eigenvalue weighted by Gasteiger charge is -2.22. The molecule has 6 heteroatoms. The highest BCUT2D eigenvalue weighted by Crippen LogP contribution is 2.27. The van der Waals surface area contributed by atoms with E-state index in [1.54, 1.807) is 7.05 Å². The number of carbonyl (C=O) groups excluding carboxylic acids is 2. The highest BCUT2D eigenvalue weighted by atomic mass is 16.7. The van der Waals surface area contributed by atoms with E-state index < -0.39 is 0 Å². The topological polar surface area (TPSA) is 61.9 Å². The fourth-order valence-electron chi connectivity index (χ4n) is 2.57. The maximum Gasteiger partial charge on any atom is 0.247 e. The van der Waals surface area contributed by atoms with Gasteiger partial charge in [-0.15, -0.1) is 0 Å². The van der Waals surface area contributed by atoms with Gasteiger partial charge < -0.3 is 5.32 Å². The van der Waals surface area contributed by atoms with Gasteiger partial charge >= 0.3 is 0 Å². The molecule has 132 valence electrons. The zero-order valence-electron chi connectivity index (χ0n) is 15.0. The molecule has 6 nitrogen and oxygen atoms in total. The van der Waals surface area contributed by atoms with Gasteiger partial charge in [-0.2, -0.15) is 0 Å². The Morgan fingerprint density at radius 3 is 2.62 bits per heavy atom. The van der Waals surface area contributed by atoms with E-state index in [9.17, 15) is 9.59 Å². The molecule has 0 heterocycles. The molecule has 0 bridgehead atoms. The highest BCUT2D eigenvalue weighted by molar-refractivity contribution is 5.93. The number of hydrogen-bond acceptors (Lipinski definition) is 4. The van der Waals surface area contributed by atoms with Crippen molar-refractivity contribution in [3.63, 3.8) is 0 Å². The molecule has 1 aliphatic rings. The van der Waals surface area contributed by atoms with Crippen LogP contribution < -0.4 is 5.32 Å². The predicted molar refractivity (Wildman–Crippen MR) is 93.5 cm³/mol. The molecule has 0 saturated heterocycles. The zero-order chi connectivity index (χ0) is 17.7. The molecule has 0 spiro atoms. The minimum absolute atomic E-state index is 0.0388. The van der Waals surface area contributed by atoms with Gasteiger partial charge in [0.1, 0.15) is 0 Å². The third-order valence-electron chi connectivity index (χ3n) is 4.32. The molecule has 1 fully saturated rings. The van der Waals surface area contributed by atoms with Crippen molar-refractivity contribution in [1.29, 1.82) is 0 Å². The maximum atomic E-state index is 12.4. The SMILES string of the molecule is CON(C)C(=O)CCN(CC(=O)Nc1cc(C)ccc1C)C1CC1. The summed E-state index contributed by atoms with van der Waals surface area (Å²) < 4.78 is 0. The van der Waals surface area contributed by atoms with E-state index in [1.165, 1.54) is 12.2 Å². The van der Waals surface area contributed by atoms with Crippen LogP contribution in [0.25, 0.3) is 0 Å². The molecule has 0 radical (unpaired) electrons. The lowest BCUT2D eigenvalue weighted by atomic mass is 10.1. The predicted octanol–water partition coefficient (Wildman–Crippen LogP) is 2.12. The molecule has 0 atom stereocenters. The summed E-state index contributed by atoms with van der Waals surface area (Å²) in [4.78, 5) is 31.2. The van der Waals surface area contributed by atoms with Crippen LogP contribution in [0.4, 0.5) is 5.69 Å². The Kier molecular flexibility index (Phi) is 6.34. The molecule has 2 amide bonds. The lowest BCUT2D eigenvalue weighted by Crippen LogP contribution is -2.38. The molecule has 1 saturated carbocycles. The second kappa shape index (κ2) is 8.26. The standard InChI is InChI=1S/C18H27N3O3/c1-13-5-6-14(2)16(11-13)19-17(22)12-21(15-7-8-15)10-9-18(23)20(3)24-4/h5-6,11,15H,7-10,12H2,1-4H3,(H,19,22). The van der Waals surface area contributed by atoms with E-state index in [2.05, 4.69) is 10.2 Å². The number of anilines is 1. The number of rotatable bonds is 8. The first kappa shape index (κ1) is 18.4. The average molecular weight is 333 g/mol. The second-order valence-corrected chi connectivity index (χ2v) is 6.39. The molecule has 24 heavy (non-hydrogen) atoms. The number of hydrogen-bond donors (Lipinski definition) is 1. The summed E-state index contributed by atoms with van der Waals surface area (Å²) in [5.41, 5.74) is 3.01. The average Bonchev–Trinajstić information content (AvgIpc) is 3.38. The van der Waals surface area contributed by atoms with E-state index in [0.717, 1.165) is 29.7 Å². The molecule has 0 aromatic heterocycles. The Labute approximate surface area is 143 Å². The van der Waals surface area contributed by atoms with E-state index in [0.29, 0.717) is 25.6 Å². The minimum atomic E-state index is -0.0851. The van der Waals surface area contributed by atoms with Crippen molar-refractivity contribution >= 4 is 17.5 Å². The van der Waals surface area contributed by atoms with Crippen molar-refractivity contribution in [2.45, 2.75) is 39.2 Å². The van der Waals surface area contributed by atoms with E-state index in [1.807, 2.05) is 32.0 Å². The summed E-state index contributed by atoms with van der Waals surface area (Å²) in [7, 11) is 3.06. The third-order valence-corrected chi connectivity index (χ3v) is 4.32. The summed E-state index contributed by atoms with van der Waals surface area (Å²) in [6, 6.07) is 6.42. The Bertz CT molecular complexity index is 599. The third kappa shape index (κ3) is 5.32. The number of hydroxylamine groups is 2. The molecule has 1 aromatic rings. The van der Waals surface area contributed by atoms with Crippen LogP contribution in [0.15, 0.2) is 18.2 Å². The van der Waals surface area contributed by atoms with Crippen molar-refractivity contribution in [1.82, 2.24) is 9.96 Å². The van der Waals surface area contributed by atoms with Gasteiger partial charge in [0.2, 0.25) is 11.8 Å². The first-order valence-corrected chi connectivity index (χ1v) is 8.32. The van der Waals surface area contributed by atoms with Crippen LogP contribution in [-0.4, -0.2) is 55.1 Å². The maximum absolute atomic E-state index is 12.4. The van der Waals surface area contributed by atoms with Gasteiger partial charge in [0, 0.05) is 31.7 Å². The van der Waals surface area contributed by atoms with Crippen molar-refractivity contribution in [3.05, 3.63) is 29.3 Å². The first-order valence-electron chi connectivity index (χ1n) is 8.32. The number of aryl methyl sites for hydroxylation is 2. The van der Waals surface area contributed by atoms with Crippen molar-refractivity contribution in [2.75, 3.05) is 32.6 Å². The van der Waals surface area contributed by atoms with Gasteiger partial charge in [-0.3, -0.25) is 19.3 Å². The molecule has 0 aliphatic heterocycles.